The Balaban J connectivity index is 1.83. The van der Waals surface area contributed by atoms with Gasteiger partial charge < -0.3 is 14.8 Å². The Morgan fingerprint density at radius 3 is 2.42 bits per heavy atom. The maximum Gasteiger partial charge on any atom is 0.323 e. The average molecular weight is 336 g/mol. The summed E-state index contributed by atoms with van der Waals surface area (Å²) in [5.41, 5.74) is 2.09. The fourth-order valence-corrected chi connectivity index (χ4v) is 2.53. The van der Waals surface area contributed by atoms with Gasteiger partial charge in [-0.1, -0.05) is 0 Å². The Morgan fingerprint density at radius 2 is 1.88 bits per heavy atom. The summed E-state index contributed by atoms with van der Waals surface area (Å²) in [7, 11) is 1.40. The Bertz CT molecular complexity index is 596. The van der Waals surface area contributed by atoms with Crippen LogP contribution in [0.3, 0.4) is 0 Å². The number of esters is 1. The van der Waals surface area contributed by atoms with Crippen LogP contribution in [-0.4, -0.2) is 36.0 Å². The summed E-state index contributed by atoms with van der Waals surface area (Å²) in [5, 5.41) is 2.35. The predicted molar refractivity (Wildman–Crippen MR) is 83.6 cm³/mol. The van der Waals surface area contributed by atoms with Gasteiger partial charge >= 0.3 is 17.8 Å². The molecule has 0 atom stereocenters. The van der Waals surface area contributed by atoms with E-state index < -0.39 is 11.8 Å². The molecular formula is C15H20N4O5. The second kappa shape index (κ2) is 8.25. The quantitative estimate of drug-likeness (QED) is 0.234. The van der Waals surface area contributed by atoms with E-state index in [4.69, 9.17) is 15.3 Å². The largest absolute Gasteiger partial charge is 0.474 e. The van der Waals surface area contributed by atoms with Gasteiger partial charge in [0.15, 0.2) is 0 Å². The van der Waals surface area contributed by atoms with Gasteiger partial charge in [-0.3, -0.25) is 19.8 Å². The molecule has 9 heteroatoms. The Hall–Kier alpha value is -2.68. The van der Waals surface area contributed by atoms with Crippen molar-refractivity contribution in [2.45, 2.75) is 31.8 Å². The number of rotatable bonds is 4. The highest BCUT2D eigenvalue weighted by Crippen LogP contribution is 2.28. The van der Waals surface area contributed by atoms with Crippen molar-refractivity contribution in [1.82, 2.24) is 10.4 Å². The Kier molecular flexibility index (Phi) is 6.07. The zero-order valence-corrected chi connectivity index (χ0v) is 13.3. The van der Waals surface area contributed by atoms with Crippen molar-refractivity contribution in [1.29, 1.82) is 0 Å². The summed E-state index contributed by atoms with van der Waals surface area (Å²) >= 11 is 0. The number of carbonyl (C=O) groups is 3. The first-order valence-electron chi connectivity index (χ1n) is 7.56. The second-order valence-electron chi connectivity index (χ2n) is 5.43. The van der Waals surface area contributed by atoms with E-state index in [-0.39, 0.29) is 18.0 Å². The van der Waals surface area contributed by atoms with Gasteiger partial charge in [-0.15, -0.1) is 0 Å². The first kappa shape index (κ1) is 17.7. The predicted octanol–water partition coefficient (Wildman–Crippen LogP) is 0.121. The van der Waals surface area contributed by atoms with Gasteiger partial charge in [0.05, 0.1) is 24.9 Å². The van der Waals surface area contributed by atoms with Gasteiger partial charge in [-0.05, 0) is 31.7 Å². The van der Waals surface area contributed by atoms with Gasteiger partial charge in [0, 0.05) is 6.07 Å². The number of hydrogen-bond donors (Lipinski definition) is 3. The van der Waals surface area contributed by atoms with Crippen LogP contribution < -0.4 is 21.3 Å². The smallest absolute Gasteiger partial charge is 0.323 e. The van der Waals surface area contributed by atoms with Gasteiger partial charge in [0.25, 0.3) is 0 Å². The molecular weight excluding hydrogens is 316 g/mol. The summed E-state index contributed by atoms with van der Waals surface area (Å²) in [4.78, 5) is 37.9. The number of aromatic nitrogens is 1. The minimum Gasteiger partial charge on any atom is -0.474 e. The standard InChI is InChI=1S/C15H20N4O5/c1-23-15(22)9-2-5-11(6-3-9)24-12-7-4-10(8-17-12)18-13(20)14(21)19-16/h4,7-9,11H,2-3,5-6,16H2,1H3,(H,18,20)(H,19,21)/t9-,11+. The number of hydrazine groups is 1. The molecule has 0 radical (unpaired) electrons. The first-order chi connectivity index (χ1) is 11.5. The lowest BCUT2D eigenvalue weighted by Crippen LogP contribution is -2.39. The van der Waals surface area contributed by atoms with Crippen LogP contribution in [0.5, 0.6) is 5.88 Å². The lowest BCUT2D eigenvalue weighted by molar-refractivity contribution is -0.147. The molecule has 130 valence electrons. The minimum absolute atomic E-state index is 0.0122. The molecule has 9 nitrogen and oxygen atoms in total. The number of nitrogens with zero attached hydrogens (tertiary/aromatic N) is 1. The number of anilines is 1. The highest BCUT2D eigenvalue weighted by Gasteiger charge is 2.28. The first-order valence-corrected chi connectivity index (χ1v) is 7.56. The SMILES string of the molecule is COC(=O)[C@H]1CC[C@@H](Oc2ccc(NC(=O)C(=O)NN)cn2)CC1. The molecule has 1 aliphatic carbocycles. The third-order valence-corrected chi connectivity index (χ3v) is 3.83. The van der Waals surface area contributed by atoms with Gasteiger partial charge in [-0.2, -0.15) is 0 Å². The van der Waals surface area contributed by atoms with Crippen LogP contribution >= 0.6 is 0 Å². The summed E-state index contributed by atoms with van der Waals surface area (Å²) in [6.45, 7) is 0. The summed E-state index contributed by atoms with van der Waals surface area (Å²) < 4.78 is 10.5. The highest BCUT2D eigenvalue weighted by molar-refractivity contribution is 6.39. The fourth-order valence-electron chi connectivity index (χ4n) is 2.53. The molecule has 1 heterocycles. The molecule has 4 N–H and O–H groups in total. The monoisotopic (exact) mass is 336 g/mol. The molecule has 0 aliphatic heterocycles. The highest BCUT2D eigenvalue weighted by atomic mass is 16.5. The van der Waals surface area contributed by atoms with E-state index in [2.05, 4.69) is 10.3 Å². The van der Waals surface area contributed by atoms with Crippen LogP contribution in [0, 0.1) is 5.92 Å². The fraction of sp³-hybridized carbons (Fsp3) is 0.467. The van der Waals surface area contributed by atoms with Crippen molar-refractivity contribution in [3.63, 3.8) is 0 Å². The van der Waals surface area contributed by atoms with Gasteiger partial charge in [-0.25, -0.2) is 10.8 Å². The zero-order chi connectivity index (χ0) is 17.5. The minimum atomic E-state index is -0.947. The molecule has 1 fully saturated rings. The van der Waals surface area contributed by atoms with Crippen molar-refractivity contribution in [2.75, 3.05) is 12.4 Å². The number of nitrogens with two attached hydrogens (primary N) is 1. The van der Waals surface area contributed by atoms with Crippen molar-refractivity contribution < 1.29 is 23.9 Å². The van der Waals surface area contributed by atoms with E-state index >= 15 is 0 Å². The number of nitrogens with one attached hydrogen (secondary N) is 2. The number of amides is 2. The second-order valence-corrected chi connectivity index (χ2v) is 5.43. The Morgan fingerprint density at radius 1 is 1.17 bits per heavy atom. The molecule has 24 heavy (non-hydrogen) atoms. The van der Waals surface area contributed by atoms with E-state index in [0.29, 0.717) is 11.6 Å². The summed E-state index contributed by atoms with van der Waals surface area (Å²) in [5.74, 6) is 3.22. The molecule has 0 saturated heterocycles. The molecule has 1 aromatic heterocycles. The van der Waals surface area contributed by atoms with Crippen LogP contribution in [-0.2, 0) is 19.1 Å². The van der Waals surface area contributed by atoms with Crippen LogP contribution in [0.4, 0.5) is 5.69 Å². The number of pyridine rings is 1. The third-order valence-electron chi connectivity index (χ3n) is 3.83. The lowest BCUT2D eigenvalue weighted by Gasteiger charge is -2.27. The van der Waals surface area contributed by atoms with Crippen molar-refractivity contribution in [2.24, 2.45) is 11.8 Å². The normalized spacial score (nSPS) is 19.9. The van der Waals surface area contributed by atoms with Crippen LogP contribution in [0.15, 0.2) is 18.3 Å². The van der Waals surface area contributed by atoms with Crippen molar-refractivity contribution in [3.8, 4) is 5.88 Å². The molecule has 0 spiro atoms. The molecule has 1 aromatic rings. The van der Waals surface area contributed by atoms with Crippen LogP contribution in [0.25, 0.3) is 0 Å². The van der Waals surface area contributed by atoms with E-state index in [0.717, 1.165) is 25.7 Å². The van der Waals surface area contributed by atoms with Crippen LogP contribution in [0.2, 0.25) is 0 Å². The van der Waals surface area contributed by atoms with E-state index in [1.54, 1.807) is 17.6 Å². The molecule has 1 saturated carbocycles. The number of methoxy groups -OCH3 is 1. The van der Waals surface area contributed by atoms with Crippen LogP contribution in [0.1, 0.15) is 25.7 Å². The summed E-state index contributed by atoms with van der Waals surface area (Å²) in [6, 6.07) is 3.17. The van der Waals surface area contributed by atoms with Gasteiger partial charge in [0.2, 0.25) is 5.88 Å². The lowest BCUT2D eigenvalue weighted by atomic mass is 9.87. The molecule has 0 bridgehead atoms. The Labute approximate surface area is 138 Å². The maximum atomic E-state index is 11.5. The number of ether oxygens (including phenoxy) is 2. The third kappa shape index (κ3) is 4.66. The van der Waals surface area contributed by atoms with E-state index in [1.807, 2.05) is 0 Å². The van der Waals surface area contributed by atoms with E-state index in [9.17, 15) is 14.4 Å². The van der Waals surface area contributed by atoms with Crippen molar-refractivity contribution in [3.05, 3.63) is 18.3 Å². The van der Waals surface area contributed by atoms with E-state index in [1.165, 1.54) is 13.3 Å². The molecule has 0 aromatic carbocycles. The topological polar surface area (TPSA) is 133 Å². The molecule has 1 aliphatic rings. The number of hydrogen-bond acceptors (Lipinski definition) is 7. The van der Waals surface area contributed by atoms with Gasteiger partial charge in [0.1, 0.15) is 6.10 Å². The zero-order valence-electron chi connectivity index (χ0n) is 13.3. The average Bonchev–Trinajstić information content (AvgIpc) is 2.62. The number of carbonyl (C=O) groups excluding carboxylic acids is 3. The summed E-state index contributed by atoms with van der Waals surface area (Å²) in [6.07, 6.45) is 4.31. The molecule has 0 unspecified atom stereocenters. The molecule has 2 amide bonds. The molecule has 2 rings (SSSR count). The maximum absolute atomic E-state index is 11.5. The van der Waals surface area contributed by atoms with Crippen molar-refractivity contribution >= 4 is 23.5 Å².